The van der Waals surface area contributed by atoms with Crippen molar-refractivity contribution in [3.63, 3.8) is 0 Å². The zero-order valence-corrected chi connectivity index (χ0v) is 14.8. The number of hydrogen-bond donors (Lipinski definition) is 2. The molecule has 0 aliphatic heterocycles. The number of hydrogen-bond acceptors (Lipinski definition) is 5. The third kappa shape index (κ3) is 5.03. The molecule has 2 aromatic heterocycles. The summed E-state index contributed by atoms with van der Waals surface area (Å²) in [6.07, 6.45) is -2.77. The van der Waals surface area contributed by atoms with Gasteiger partial charge in [0.15, 0.2) is 0 Å². The van der Waals surface area contributed by atoms with E-state index >= 15 is 0 Å². The van der Waals surface area contributed by atoms with Gasteiger partial charge in [0.1, 0.15) is 5.69 Å². The first-order chi connectivity index (χ1) is 13.3. The summed E-state index contributed by atoms with van der Waals surface area (Å²) in [4.78, 5) is 25.0. The second-order valence-electron chi connectivity index (χ2n) is 5.92. The van der Waals surface area contributed by atoms with Gasteiger partial charge in [-0.15, -0.1) is 0 Å². The first kappa shape index (κ1) is 19.3. The van der Waals surface area contributed by atoms with E-state index in [4.69, 9.17) is 0 Å². The van der Waals surface area contributed by atoms with Gasteiger partial charge >= 0.3 is 6.18 Å². The summed E-state index contributed by atoms with van der Waals surface area (Å²) in [7, 11) is 0. The molecule has 9 heteroatoms. The summed E-state index contributed by atoms with van der Waals surface area (Å²) in [5.74, 6) is -0.297. The minimum Gasteiger partial charge on any atom is -0.349 e. The summed E-state index contributed by atoms with van der Waals surface area (Å²) in [6.45, 7) is 2.09. The van der Waals surface area contributed by atoms with Crippen molar-refractivity contribution in [3.8, 4) is 0 Å². The summed E-state index contributed by atoms with van der Waals surface area (Å²) in [5.41, 5.74) is 0.886. The Balaban J connectivity index is 1.70. The molecule has 144 valence electrons. The molecule has 2 heterocycles. The summed E-state index contributed by atoms with van der Waals surface area (Å²) >= 11 is 0. The first-order valence-electron chi connectivity index (χ1n) is 8.29. The number of nitrogens with one attached hydrogen (secondary N) is 2. The third-order valence-electron chi connectivity index (χ3n) is 3.71. The first-order valence-corrected chi connectivity index (χ1v) is 8.29. The number of rotatable bonds is 5. The Morgan fingerprint density at radius 3 is 2.46 bits per heavy atom. The predicted octanol–water partition coefficient (Wildman–Crippen LogP) is 4.06. The second kappa shape index (κ2) is 8.03. The fraction of sp³-hybridized carbons (Fsp3) is 0.158. The van der Waals surface area contributed by atoms with Crippen molar-refractivity contribution in [1.82, 2.24) is 15.0 Å². The van der Waals surface area contributed by atoms with Crippen LogP contribution in [0.5, 0.6) is 0 Å². The largest absolute Gasteiger partial charge is 0.416 e. The van der Waals surface area contributed by atoms with Crippen molar-refractivity contribution in [2.45, 2.75) is 19.6 Å². The molecule has 1 aromatic carbocycles. The van der Waals surface area contributed by atoms with Crippen LogP contribution in [0.25, 0.3) is 0 Å². The smallest absolute Gasteiger partial charge is 0.349 e. The van der Waals surface area contributed by atoms with Gasteiger partial charge in [0, 0.05) is 17.6 Å². The molecule has 0 aliphatic rings. The lowest BCUT2D eigenvalue weighted by Crippen LogP contribution is -2.16. The number of pyridine rings is 1. The van der Waals surface area contributed by atoms with Crippen LogP contribution in [0.2, 0.25) is 0 Å². The highest BCUT2D eigenvalue weighted by atomic mass is 19.4. The zero-order valence-electron chi connectivity index (χ0n) is 14.8. The van der Waals surface area contributed by atoms with Crippen molar-refractivity contribution in [1.29, 1.82) is 0 Å². The lowest BCUT2D eigenvalue weighted by molar-refractivity contribution is -0.137. The van der Waals surface area contributed by atoms with Gasteiger partial charge < -0.3 is 10.6 Å². The van der Waals surface area contributed by atoms with Crippen LogP contribution < -0.4 is 10.6 Å². The van der Waals surface area contributed by atoms with Gasteiger partial charge in [-0.05, 0) is 49.4 Å². The Labute approximate surface area is 158 Å². The molecule has 0 unspecified atom stereocenters. The number of carbonyl (C=O) groups excluding carboxylic acids is 1. The Bertz CT molecular complexity index is 960. The van der Waals surface area contributed by atoms with E-state index in [1.165, 1.54) is 18.2 Å². The number of benzene rings is 1. The zero-order chi connectivity index (χ0) is 20.1. The maximum absolute atomic E-state index is 12.6. The van der Waals surface area contributed by atoms with Crippen LogP contribution in [0.4, 0.5) is 24.8 Å². The van der Waals surface area contributed by atoms with Gasteiger partial charge in [0.05, 0.1) is 17.8 Å². The van der Waals surface area contributed by atoms with Crippen molar-refractivity contribution >= 4 is 17.5 Å². The molecule has 0 fully saturated rings. The van der Waals surface area contributed by atoms with E-state index in [0.717, 1.165) is 17.8 Å². The molecule has 0 aliphatic carbocycles. The molecule has 1 amide bonds. The number of carbonyl (C=O) groups is 1. The Hall–Kier alpha value is -3.49. The van der Waals surface area contributed by atoms with Crippen molar-refractivity contribution in [2.75, 3.05) is 10.6 Å². The van der Waals surface area contributed by atoms with Crippen LogP contribution in [0.15, 0.2) is 54.7 Å². The Kier molecular flexibility index (Phi) is 5.53. The van der Waals surface area contributed by atoms with E-state index < -0.39 is 17.6 Å². The van der Waals surface area contributed by atoms with Crippen molar-refractivity contribution in [2.24, 2.45) is 0 Å². The molecule has 0 bridgehead atoms. The quantitative estimate of drug-likeness (QED) is 0.690. The molecular formula is C19H16F3N5O. The van der Waals surface area contributed by atoms with Gasteiger partial charge in [0.25, 0.3) is 5.91 Å². The average molecular weight is 387 g/mol. The van der Waals surface area contributed by atoms with Crippen LogP contribution in [-0.2, 0) is 12.7 Å². The molecule has 6 nitrogen and oxygen atoms in total. The number of nitrogens with zero attached hydrogens (tertiary/aromatic N) is 3. The average Bonchev–Trinajstić information content (AvgIpc) is 2.66. The van der Waals surface area contributed by atoms with Gasteiger partial charge in [0.2, 0.25) is 5.95 Å². The van der Waals surface area contributed by atoms with E-state index in [0.29, 0.717) is 12.2 Å². The van der Waals surface area contributed by atoms with Crippen LogP contribution in [0.1, 0.15) is 27.4 Å². The van der Waals surface area contributed by atoms with Gasteiger partial charge in [-0.25, -0.2) is 9.97 Å². The normalized spacial score (nSPS) is 11.1. The highest BCUT2D eigenvalue weighted by Gasteiger charge is 2.30. The Morgan fingerprint density at radius 1 is 1.07 bits per heavy atom. The highest BCUT2D eigenvalue weighted by molar-refractivity contribution is 6.03. The number of aryl methyl sites for hydroxylation is 1. The number of halogens is 3. The van der Waals surface area contributed by atoms with E-state index in [9.17, 15) is 18.0 Å². The molecule has 2 N–H and O–H groups in total. The van der Waals surface area contributed by atoms with E-state index in [1.54, 1.807) is 19.2 Å². The molecular weight excluding hydrogens is 371 g/mol. The van der Waals surface area contributed by atoms with E-state index in [1.807, 2.05) is 12.1 Å². The van der Waals surface area contributed by atoms with Gasteiger partial charge in [-0.2, -0.15) is 13.2 Å². The summed E-state index contributed by atoms with van der Waals surface area (Å²) < 4.78 is 37.8. The molecule has 0 spiro atoms. The van der Waals surface area contributed by atoms with Crippen LogP contribution in [-0.4, -0.2) is 20.9 Å². The monoisotopic (exact) mass is 387 g/mol. The van der Waals surface area contributed by atoms with Gasteiger partial charge in [-0.3, -0.25) is 9.78 Å². The molecule has 28 heavy (non-hydrogen) atoms. The minimum absolute atomic E-state index is 0.0934. The Morgan fingerprint density at radius 2 is 1.82 bits per heavy atom. The number of alkyl halides is 3. The van der Waals surface area contributed by atoms with Crippen molar-refractivity contribution < 1.29 is 18.0 Å². The maximum atomic E-state index is 12.6. The lowest BCUT2D eigenvalue weighted by atomic mass is 10.2. The lowest BCUT2D eigenvalue weighted by Gasteiger charge is -2.10. The van der Waals surface area contributed by atoms with E-state index in [-0.39, 0.29) is 17.3 Å². The van der Waals surface area contributed by atoms with Crippen LogP contribution in [0, 0.1) is 6.92 Å². The summed E-state index contributed by atoms with van der Waals surface area (Å²) in [5, 5.41) is 5.52. The fourth-order valence-corrected chi connectivity index (χ4v) is 2.37. The van der Waals surface area contributed by atoms with Gasteiger partial charge in [-0.1, -0.05) is 6.07 Å². The highest BCUT2D eigenvalue weighted by Crippen LogP contribution is 2.29. The number of anilines is 2. The standard InChI is InChI=1S/C19H16F3N5O/c1-12-10-16(27-18(25-12)24-11-15-4-2-3-9-23-15)17(28)26-14-7-5-13(6-8-14)19(20,21)22/h2-10H,11H2,1H3,(H,26,28)(H,24,25,27). The van der Waals surface area contributed by atoms with E-state index in [2.05, 4.69) is 25.6 Å². The topological polar surface area (TPSA) is 79.8 Å². The molecule has 0 radical (unpaired) electrons. The second-order valence-corrected chi connectivity index (χ2v) is 5.92. The van der Waals surface area contributed by atoms with Crippen LogP contribution >= 0.6 is 0 Å². The minimum atomic E-state index is -4.43. The predicted molar refractivity (Wildman–Crippen MR) is 97.7 cm³/mol. The van der Waals surface area contributed by atoms with Crippen molar-refractivity contribution in [3.05, 3.63) is 77.4 Å². The maximum Gasteiger partial charge on any atom is 0.416 e. The molecule has 3 aromatic rings. The van der Waals surface area contributed by atoms with Crippen LogP contribution in [0.3, 0.4) is 0 Å². The number of aromatic nitrogens is 3. The number of amides is 1. The molecule has 0 saturated heterocycles. The SMILES string of the molecule is Cc1cc(C(=O)Nc2ccc(C(F)(F)F)cc2)nc(NCc2ccccn2)n1. The molecule has 3 rings (SSSR count). The summed E-state index contributed by atoms with van der Waals surface area (Å²) in [6, 6.07) is 11.2. The fourth-order valence-electron chi connectivity index (χ4n) is 2.37. The third-order valence-corrected chi connectivity index (χ3v) is 3.71. The molecule has 0 saturated carbocycles. The molecule has 0 atom stereocenters.